The lowest BCUT2D eigenvalue weighted by Gasteiger charge is -2.25. The number of aliphatic hydroxyl groups is 3. The number of halogens is 3. The van der Waals surface area contributed by atoms with Crippen molar-refractivity contribution < 1.29 is 24.1 Å². The molecule has 0 aliphatic heterocycles. The van der Waals surface area contributed by atoms with Gasteiger partial charge in [0.05, 0.1) is 22.2 Å². The highest BCUT2D eigenvalue weighted by molar-refractivity contribution is 14.1. The monoisotopic (exact) mass is 404 g/mol. The van der Waals surface area contributed by atoms with E-state index in [2.05, 4.69) is 0 Å². The second kappa shape index (κ2) is 5.16. The topological polar surface area (TPSA) is 116 Å². The normalized spacial score (nSPS) is 32.5. The quantitative estimate of drug-likeness (QED) is 0.456. The second-order valence-corrected chi connectivity index (χ2v) is 5.70. The van der Waals surface area contributed by atoms with Crippen molar-refractivity contribution in [3.63, 3.8) is 0 Å². The molecule has 0 spiro atoms. The van der Waals surface area contributed by atoms with E-state index in [-0.39, 0.29) is 3.57 Å². The van der Waals surface area contributed by atoms with Crippen LogP contribution in [0.1, 0.15) is 6.04 Å². The van der Waals surface area contributed by atoms with Gasteiger partial charge in [-0.25, -0.2) is 13.6 Å². The fourth-order valence-electron chi connectivity index (χ4n) is 2.35. The van der Waals surface area contributed by atoms with Gasteiger partial charge in [-0.2, -0.15) is 0 Å². The smallest absolute Gasteiger partial charge is 0.328 e. The minimum atomic E-state index is -3.71. The molecule has 1 aromatic rings. The van der Waals surface area contributed by atoms with Crippen molar-refractivity contribution in [2.75, 3.05) is 6.61 Å². The predicted molar refractivity (Wildman–Crippen MR) is 70.6 cm³/mol. The second-order valence-electron chi connectivity index (χ2n) is 4.53. The maximum absolute atomic E-state index is 14.1. The summed E-state index contributed by atoms with van der Waals surface area (Å²) in [4.78, 5) is 24.7. The van der Waals surface area contributed by atoms with E-state index in [1.165, 1.54) is 0 Å². The van der Waals surface area contributed by atoms with Gasteiger partial charge in [-0.3, -0.25) is 14.3 Å². The summed E-state index contributed by atoms with van der Waals surface area (Å²) in [5, 5.41) is 28.2. The third-order valence-corrected chi connectivity index (χ3v) is 4.16. The van der Waals surface area contributed by atoms with E-state index in [1.807, 2.05) is 4.98 Å². The highest BCUT2D eigenvalue weighted by Crippen LogP contribution is 2.47. The van der Waals surface area contributed by atoms with Gasteiger partial charge >= 0.3 is 5.69 Å². The first-order valence-corrected chi connectivity index (χ1v) is 6.65. The molecule has 10 heteroatoms. The average Bonchev–Trinajstić information content (AvgIpc) is 2.51. The van der Waals surface area contributed by atoms with Crippen molar-refractivity contribution in [2.24, 2.45) is 5.92 Å². The lowest BCUT2D eigenvalue weighted by Crippen LogP contribution is -2.43. The molecule has 1 heterocycles. The van der Waals surface area contributed by atoms with Gasteiger partial charge < -0.3 is 15.3 Å². The molecule has 1 saturated carbocycles. The first kappa shape index (κ1) is 15.5. The number of aromatic nitrogens is 2. The van der Waals surface area contributed by atoms with Gasteiger partial charge in [-0.15, -0.1) is 0 Å². The number of hydrogen-bond acceptors (Lipinski definition) is 5. The molecule has 0 radical (unpaired) electrons. The fraction of sp³-hybridized carbons (Fsp3) is 0.600. The van der Waals surface area contributed by atoms with E-state index in [9.17, 15) is 28.6 Å². The summed E-state index contributed by atoms with van der Waals surface area (Å²) >= 11 is 1.55. The first-order chi connectivity index (χ1) is 9.21. The minimum absolute atomic E-state index is 0.0212. The number of alkyl halides is 2. The molecule has 0 amide bonds. The van der Waals surface area contributed by atoms with Gasteiger partial charge in [0.1, 0.15) is 12.1 Å². The Bertz CT molecular complexity index is 631. The Labute approximate surface area is 124 Å². The van der Waals surface area contributed by atoms with Gasteiger partial charge in [-0.1, -0.05) is 0 Å². The number of nitrogens with one attached hydrogen (secondary N) is 1. The largest absolute Gasteiger partial charge is 0.396 e. The number of aromatic amines is 1. The van der Waals surface area contributed by atoms with E-state index in [4.69, 9.17) is 5.11 Å². The Balaban J connectivity index is 2.60. The molecule has 1 aromatic heterocycles. The molecule has 0 bridgehead atoms. The van der Waals surface area contributed by atoms with Gasteiger partial charge in [-0.05, 0) is 22.6 Å². The Morgan fingerprint density at radius 1 is 1.35 bits per heavy atom. The molecule has 7 nitrogen and oxygen atoms in total. The zero-order valence-electron chi connectivity index (χ0n) is 9.83. The molecule has 2 unspecified atom stereocenters. The summed E-state index contributed by atoms with van der Waals surface area (Å²) in [6.07, 6.45) is -2.94. The van der Waals surface area contributed by atoms with Gasteiger partial charge in [0.15, 0.2) is 0 Å². The Kier molecular flexibility index (Phi) is 4.01. The van der Waals surface area contributed by atoms with Crippen LogP contribution in [-0.4, -0.2) is 49.6 Å². The van der Waals surface area contributed by atoms with Crippen molar-refractivity contribution in [2.45, 2.75) is 24.2 Å². The maximum atomic E-state index is 14.1. The molecule has 0 aromatic carbocycles. The summed E-state index contributed by atoms with van der Waals surface area (Å²) in [5.74, 6) is -5.60. The highest BCUT2D eigenvalue weighted by Gasteiger charge is 2.63. The first-order valence-electron chi connectivity index (χ1n) is 5.57. The molecular formula is C10H11F2IN2O5. The number of H-pyrrole nitrogens is 1. The number of hydrogen-bond donors (Lipinski definition) is 4. The van der Waals surface area contributed by atoms with Crippen molar-refractivity contribution in [3.8, 4) is 0 Å². The molecule has 1 fully saturated rings. The molecule has 1 aliphatic rings. The van der Waals surface area contributed by atoms with Crippen LogP contribution in [-0.2, 0) is 0 Å². The third-order valence-electron chi connectivity index (χ3n) is 3.40. The van der Waals surface area contributed by atoms with Crippen LogP contribution in [0.5, 0.6) is 0 Å². The van der Waals surface area contributed by atoms with Crippen LogP contribution in [0.25, 0.3) is 0 Å². The fourth-order valence-corrected chi connectivity index (χ4v) is 2.78. The minimum Gasteiger partial charge on any atom is -0.396 e. The average molecular weight is 404 g/mol. The van der Waals surface area contributed by atoms with Crippen LogP contribution < -0.4 is 11.2 Å². The van der Waals surface area contributed by atoms with Crippen molar-refractivity contribution in [1.82, 2.24) is 9.55 Å². The maximum Gasteiger partial charge on any atom is 0.328 e. The van der Waals surface area contributed by atoms with E-state index >= 15 is 0 Å². The molecule has 112 valence electrons. The Morgan fingerprint density at radius 3 is 2.45 bits per heavy atom. The van der Waals surface area contributed by atoms with Crippen molar-refractivity contribution >= 4 is 22.6 Å². The zero-order chi connectivity index (χ0) is 15.2. The van der Waals surface area contributed by atoms with E-state index in [0.29, 0.717) is 4.57 Å². The van der Waals surface area contributed by atoms with Crippen LogP contribution >= 0.6 is 22.6 Å². The molecular weight excluding hydrogens is 393 g/mol. The molecule has 4 atom stereocenters. The molecule has 20 heavy (non-hydrogen) atoms. The van der Waals surface area contributed by atoms with Crippen molar-refractivity contribution in [1.29, 1.82) is 0 Å². The predicted octanol–water partition coefficient (Wildman–Crippen LogP) is -1.34. The van der Waals surface area contributed by atoms with Crippen molar-refractivity contribution in [3.05, 3.63) is 30.6 Å². The van der Waals surface area contributed by atoms with Crippen LogP contribution in [0.15, 0.2) is 15.8 Å². The number of aliphatic hydroxyl groups excluding tert-OH is 3. The number of nitrogens with zero attached hydrogens (tertiary/aromatic N) is 1. The van der Waals surface area contributed by atoms with Crippen LogP contribution in [0.2, 0.25) is 0 Å². The summed E-state index contributed by atoms with van der Waals surface area (Å²) in [7, 11) is 0. The Hall–Kier alpha value is -0.850. The Morgan fingerprint density at radius 2 is 1.95 bits per heavy atom. The van der Waals surface area contributed by atoms with Gasteiger partial charge in [0.2, 0.25) is 0 Å². The highest BCUT2D eigenvalue weighted by atomic mass is 127. The van der Waals surface area contributed by atoms with Gasteiger partial charge in [0, 0.05) is 6.20 Å². The lowest BCUT2D eigenvalue weighted by molar-refractivity contribution is -0.102. The molecule has 1 aliphatic carbocycles. The third kappa shape index (κ3) is 2.19. The van der Waals surface area contributed by atoms with Crippen LogP contribution in [0.4, 0.5) is 8.78 Å². The van der Waals surface area contributed by atoms with Gasteiger partial charge in [0.25, 0.3) is 11.5 Å². The van der Waals surface area contributed by atoms with E-state index in [0.717, 1.165) is 6.20 Å². The van der Waals surface area contributed by atoms with Crippen LogP contribution in [0.3, 0.4) is 0 Å². The molecule has 4 N–H and O–H groups in total. The number of rotatable bonds is 2. The summed E-state index contributed by atoms with van der Waals surface area (Å²) < 4.78 is 28.7. The molecule has 0 saturated heterocycles. The summed E-state index contributed by atoms with van der Waals surface area (Å²) in [6, 6.07) is -2.06. The lowest BCUT2D eigenvalue weighted by atomic mass is 10.0. The van der Waals surface area contributed by atoms with E-state index < -0.39 is 47.9 Å². The summed E-state index contributed by atoms with van der Waals surface area (Å²) in [5.41, 5.74) is -1.85. The SMILES string of the molecule is O=c1[nH]c(=O)n([C@@H]2C(O)C(O)[C@H](CO)C2(F)F)cc1I. The van der Waals surface area contributed by atoms with E-state index in [1.54, 1.807) is 22.6 Å². The van der Waals surface area contributed by atoms with Crippen LogP contribution in [0, 0.1) is 9.49 Å². The standard InChI is InChI=1S/C10H11F2IN2O5/c11-10(12)3(2-16)5(17)6(18)7(10)15-1-4(13)8(19)14-9(15)20/h1,3,5-7,16-18H,2H2,(H,14,19,20)/t3-,5?,6?,7+/m0/s1. The zero-order valence-corrected chi connectivity index (χ0v) is 12.0. The summed E-state index contributed by atoms with van der Waals surface area (Å²) in [6.45, 7) is -1.04. The molecule has 2 rings (SSSR count).